The summed E-state index contributed by atoms with van der Waals surface area (Å²) in [5.74, 6) is 0.840. The molecule has 0 aliphatic carbocycles. The molecule has 1 N–H and O–H groups in total. The SMILES string of the molecule is C[C@@H](NC(=O)CN(C)Cc1c(F)cccc1Cl)c1ccc2c(c1)OCO2. The highest BCUT2D eigenvalue weighted by atomic mass is 35.5. The van der Waals surface area contributed by atoms with Crippen molar-refractivity contribution in [3.8, 4) is 11.5 Å². The Balaban J connectivity index is 1.56. The molecule has 0 fully saturated rings. The van der Waals surface area contributed by atoms with Crippen LogP contribution in [-0.2, 0) is 11.3 Å². The minimum absolute atomic E-state index is 0.125. The zero-order valence-electron chi connectivity index (χ0n) is 14.6. The number of benzene rings is 2. The van der Waals surface area contributed by atoms with Crippen LogP contribution in [0.15, 0.2) is 36.4 Å². The van der Waals surface area contributed by atoms with Gasteiger partial charge in [0.1, 0.15) is 5.82 Å². The Kier molecular flexibility index (Phi) is 5.64. The number of likely N-dealkylation sites (N-methyl/N-ethyl adjacent to an activating group) is 1. The molecule has 1 aliphatic rings. The van der Waals surface area contributed by atoms with E-state index in [0.717, 1.165) is 5.56 Å². The van der Waals surface area contributed by atoms with Gasteiger partial charge in [0.2, 0.25) is 12.7 Å². The number of fused-ring (bicyclic) bond motifs is 1. The highest BCUT2D eigenvalue weighted by molar-refractivity contribution is 6.31. The molecule has 3 rings (SSSR count). The number of halogens is 2. The van der Waals surface area contributed by atoms with Crippen molar-refractivity contribution in [1.82, 2.24) is 10.2 Å². The maximum absolute atomic E-state index is 13.9. The van der Waals surface area contributed by atoms with Gasteiger partial charge in [-0.2, -0.15) is 0 Å². The normalized spacial score (nSPS) is 13.7. The first-order chi connectivity index (χ1) is 12.4. The molecule has 138 valence electrons. The molecule has 0 radical (unpaired) electrons. The van der Waals surface area contributed by atoms with E-state index in [1.54, 1.807) is 24.1 Å². The van der Waals surface area contributed by atoms with Crippen molar-refractivity contribution in [1.29, 1.82) is 0 Å². The summed E-state index contributed by atoms with van der Waals surface area (Å²) in [6, 6.07) is 9.93. The summed E-state index contributed by atoms with van der Waals surface area (Å²) >= 11 is 6.03. The Hall–Kier alpha value is -2.31. The van der Waals surface area contributed by atoms with Gasteiger partial charge in [-0.25, -0.2) is 4.39 Å². The number of ether oxygens (including phenoxy) is 2. The van der Waals surface area contributed by atoms with E-state index in [1.807, 2.05) is 25.1 Å². The largest absolute Gasteiger partial charge is 0.454 e. The quantitative estimate of drug-likeness (QED) is 0.835. The molecule has 7 heteroatoms. The van der Waals surface area contributed by atoms with Crippen molar-refractivity contribution in [2.45, 2.75) is 19.5 Å². The van der Waals surface area contributed by atoms with Gasteiger partial charge in [-0.1, -0.05) is 23.7 Å². The zero-order chi connectivity index (χ0) is 18.7. The number of hydrogen-bond donors (Lipinski definition) is 1. The van der Waals surface area contributed by atoms with Crippen LogP contribution in [0.2, 0.25) is 5.02 Å². The van der Waals surface area contributed by atoms with E-state index in [9.17, 15) is 9.18 Å². The van der Waals surface area contributed by atoms with Gasteiger partial charge >= 0.3 is 0 Å². The summed E-state index contributed by atoms with van der Waals surface area (Å²) in [5, 5.41) is 3.28. The lowest BCUT2D eigenvalue weighted by Crippen LogP contribution is -2.36. The molecule has 0 bridgehead atoms. The van der Waals surface area contributed by atoms with Crippen LogP contribution >= 0.6 is 11.6 Å². The first-order valence-corrected chi connectivity index (χ1v) is 8.62. The molecule has 0 spiro atoms. The van der Waals surface area contributed by atoms with E-state index >= 15 is 0 Å². The molecule has 1 amide bonds. The first-order valence-electron chi connectivity index (χ1n) is 8.24. The Morgan fingerprint density at radius 1 is 1.31 bits per heavy atom. The predicted octanol–water partition coefficient (Wildman–Crippen LogP) is 3.52. The van der Waals surface area contributed by atoms with Crippen LogP contribution in [0, 0.1) is 5.82 Å². The molecule has 1 atom stereocenters. The van der Waals surface area contributed by atoms with Gasteiger partial charge in [0.15, 0.2) is 11.5 Å². The summed E-state index contributed by atoms with van der Waals surface area (Å²) in [6.07, 6.45) is 0. The summed E-state index contributed by atoms with van der Waals surface area (Å²) in [5.41, 5.74) is 1.30. The Bertz CT molecular complexity index is 795. The second-order valence-electron chi connectivity index (χ2n) is 6.27. The van der Waals surface area contributed by atoms with Crippen LogP contribution in [0.1, 0.15) is 24.1 Å². The van der Waals surface area contributed by atoms with Crippen molar-refractivity contribution in [2.75, 3.05) is 20.4 Å². The van der Waals surface area contributed by atoms with E-state index in [-0.39, 0.29) is 37.6 Å². The van der Waals surface area contributed by atoms with Crippen molar-refractivity contribution < 1.29 is 18.7 Å². The second kappa shape index (κ2) is 7.93. The van der Waals surface area contributed by atoms with Gasteiger partial charge in [0, 0.05) is 17.1 Å². The van der Waals surface area contributed by atoms with E-state index < -0.39 is 0 Å². The van der Waals surface area contributed by atoms with Gasteiger partial charge in [0.05, 0.1) is 12.6 Å². The summed E-state index contributed by atoms with van der Waals surface area (Å²) in [7, 11) is 1.74. The average molecular weight is 379 g/mol. The maximum atomic E-state index is 13.9. The van der Waals surface area contributed by atoms with E-state index in [4.69, 9.17) is 21.1 Å². The highest BCUT2D eigenvalue weighted by Gasteiger charge is 2.18. The lowest BCUT2D eigenvalue weighted by Gasteiger charge is -2.20. The third kappa shape index (κ3) is 4.26. The molecule has 0 aromatic heterocycles. The van der Waals surface area contributed by atoms with Crippen LogP contribution in [0.5, 0.6) is 11.5 Å². The predicted molar refractivity (Wildman–Crippen MR) is 96.9 cm³/mol. The summed E-state index contributed by atoms with van der Waals surface area (Å²) in [6.45, 7) is 2.48. The Labute approximate surface area is 156 Å². The second-order valence-corrected chi connectivity index (χ2v) is 6.68. The van der Waals surface area contributed by atoms with Crippen molar-refractivity contribution >= 4 is 17.5 Å². The molecule has 0 saturated heterocycles. The van der Waals surface area contributed by atoms with Crippen molar-refractivity contribution in [2.24, 2.45) is 0 Å². The monoisotopic (exact) mass is 378 g/mol. The number of amides is 1. The molecule has 5 nitrogen and oxygen atoms in total. The Morgan fingerprint density at radius 3 is 2.85 bits per heavy atom. The zero-order valence-corrected chi connectivity index (χ0v) is 15.3. The van der Waals surface area contributed by atoms with Gasteiger partial charge in [-0.05, 0) is 43.8 Å². The minimum Gasteiger partial charge on any atom is -0.454 e. The van der Waals surface area contributed by atoms with Crippen LogP contribution in [0.25, 0.3) is 0 Å². The molecular weight excluding hydrogens is 359 g/mol. The standard InChI is InChI=1S/C19H20ClFN2O3/c1-12(13-6-7-17-18(8-13)26-11-25-17)22-19(24)10-23(2)9-14-15(20)4-3-5-16(14)21/h3-8,12H,9-11H2,1-2H3,(H,22,24)/t12-/m1/s1. The molecule has 0 saturated carbocycles. The molecule has 2 aromatic rings. The van der Waals surface area contributed by atoms with Gasteiger partial charge in [-0.3, -0.25) is 9.69 Å². The number of carbonyl (C=O) groups excluding carboxylic acids is 1. The van der Waals surface area contributed by atoms with E-state index in [0.29, 0.717) is 22.1 Å². The van der Waals surface area contributed by atoms with Crippen LogP contribution < -0.4 is 14.8 Å². The molecule has 26 heavy (non-hydrogen) atoms. The maximum Gasteiger partial charge on any atom is 0.234 e. The van der Waals surface area contributed by atoms with Crippen LogP contribution in [-0.4, -0.2) is 31.2 Å². The fraction of sp³-hybridized carbons (Fsp3) is 0.316. The van der Waals surface area contributed by atoms with Crippen LogP contribution in [0.4, 0.5) is 4.39 Å². The number of carbonyl (C=O) groups is 1. The molecule has 1 aliphatic heterocycles. The average Bonchev–Trinajstić information content (AvgIpc) is 3.05. The van der Waals surface area contributed by atoms with E-state index in [1.165, 1.54) is 6.07 Å². The molecular formula is C19H20ClFN2O3. The smallest absolute Gasteiger partial charge is 0.234 e. The number of nitrogens with zero attached hydrogens (tertiary/aromatic N) is 1. The van der Waals surface area contributed by atoms with Gasteiger partial charge in [0.25, 0.3) is 0 Å². The molecule has 0 unspecified atom stereocenters. The van der Waals surface area contributed by atoms with E-state index in [2.05, 4.69) is 5.32 Å². The summed E-state index contributed by atoms with van der Waals surface area (Å²) in [4.78, 5) is 14.0. The number of nitrogens with one attached hydrogen (secondary N) is 1. The van der Waals surface area contributed by atoms with Crippen LogP contribution in [0.3, 0.4) is 0 Å². The first kappa shape index (κ1) is 18.5. The summed E-state index contributed by atoms with van der Waals surface area (Å²) < 4.78 is 24.5. The molecule has 1 heterocycles. The van der Waals surface area contributed by atoms with Gasteiger partial charge < -0.3 is 14.8 Å². The minimum atomic E-state index is -0.376. The van der Waals surface area contributed by atoms with Crippen molar-refractivity contribution in [3.05, 3.63) is 58.4 Å². The third-order valence-corrected chi connectivity index (χ3v) is 4.53. The Morgan fingerprint density at radius 2 is 2.08 bits per heavy atom. The number of rotatable bonds is 6. The fourth-order valence-corrected chi connectivity index (χ4v) is 3.03. The van der Waals surface area contributed by atoms with Crippen molar-refractivity contribution in [3.63, 3.8) is 0 Å². The lowest BCUT2D eigenvalue weighted by molar-refractivity contribution is -0.122. The topological polar surface area (TPSA) is 50.8 Å². The number of hydrogen-bond acceptors (Lipinski definition) is 4. The molecule has 2 aromatic carbocycles. The fourth-order valence-electron chi connectivity index (χ4n) is 2.81. The third-order valence-electron chi connectivity index (χ3n) is 4.18. The highest BCUT2D eigenvalue weighted by Crippen LogP contribution is 2.34. The lowest BCUT2D eigenvalue weighted by atomic mass is 10.1. The van der Waals surface area contributed by atoms with Gasteiger partial charge in [-0.15, -0.1) is 0 Å².